The van der Waals surface area contributed by atoms with Crippen molar-refractivity contribution in [3.05, 3.63) is 0 Å². The Hall–Kier alpha value is -0.570. The Morgan fingerprint density at radius 1 is 1.24 bits per heavy atom. The van der Waals surface area contributed by atoms with Gasteiger partial charge in [-0.1, -0.05) is 46.5 Å². The first-order valence-electron chi connectivity index (χ1n) is 6.94. The van der Waals surface area contributed by atoms with Crippen molar-refractivity contribution in [2.45, 2.75) is 77.8 Å². The summed E-state index contributed by atoms with van der Waals surface area (Å²) >= 11 is 0. The molecule has 1 unspecified atom stereocenters. The lowest BCUT2D eigenvalue weighted by molar-refractivity contribution is -0.121. The molecule has 1 saturated carbocycles. The van der Waals surface area contributed by atoms with Gasteiger partial charge in [-0.05, 0) is 24.7 Å². The molecule has 1 rings (SSSR count). The van der Waals surface area contributed by atoms with Crippen molar-refractivity contribution < 1.29 is 4.79 Å². The molecule has 1 fully saturated rings. The molecule has 17 heavy (non-hydrogen) atoms. The van der Waals surface area contributed by atoms with E-state index in [1.807, 2.05) is 0 Å². The van der Waals surface area contributed by atoms with Gasteiger partial charge in [0.15, 0.2) is 0 Å². The fourth-order valence-electron chi connectivity index (χ4n) is 2.58. The standard InChI is InChI=1S/C14H28N2O/c1-14(2,3)10-12(13(15)17)16-11-8-6-4-5-7-9-11/h11-12,16H,4-10H2,1-3H3,(H2,15,17). The number of hydrogen-bond donors (Lipinski definition) is 2. The van der Waals surface area contributed by atoms with Crippen LogP contribution >= 0.6 is 0 Å². The number of primary amides is 1. The van der Waals surface area contributed by atoms with Crippen LogP contribution in [0, 0.1) is 5.41 Å². The second-order valence-corrected chi connectivity index (χ2v) is 6.57. The van der Waals surface area contributed by atoms with Crippen LogP contribution in [0.1, 0.15) is 65.7 Å². The van der Waals surface area contributed by atoms with E-state index in [1.165, 1.54) is 38.5 Å². The van der Waals surface area contributed by atoms with Crippen LogP contribution in [0.3, 0.4) is 0 Å². The molecule has 1 amide bonds. The van der Waals surface area contributed by atoms with E-state index in [0.717, 1.165) is 6.42 Å². The van der Waals surface area contributed by atoms with Crippen molar-refractivity contribution in [3.8, 4) is 0 Å². The van der Waals surface area contributed by atoms with Gasteiger partial charge in [-0.15, -0.1) is 0 Å². The summed E-state index contributed by atoms with van der Waals surface area (Å²) in [5, 5.41) is 3.48. The van der Waals surface area contributed by atoms with Crippen molar-refractivity contribution >= 4 is 5.91 Å². The Balaban J connectivity index is 2.50. The summed E-state index contributed by atoms with van der Waals surface area (Å²) < 4.78 is 0. The number of amides is 1. The zero-order valence-corrected chi connectivity index (χ0v) is 11.6. The Kier molecular flexibility index (Phi) is 5.44. The molecule has 0 saturated heterocycles. The lowest BCUT2D eigenvalue weighted by Gasteiger charge is -2.28. The van der Waals surface area contributed by atoms with Crippen LogP contribution < -0.4 is 11.1 Å². The Labute approximate surface area is 106 Å². The highest BCUT2D eigenvalue weighted by Gasteiger charge is 2.25. The lowest BCUT2D eigenvalue weighted by Crippen LogP contribution is -2.48. The topological polar surface area (TPSA) is 55.1 Å². The minimum atomic E-state index is -0.204. The van der Waals surface area contributed by atoms with Crippen LogP contribution in [0.25, 0.3) is 0 Å². The maximum absolute atomic E-state index is 11.5. The maximum atomic E-state index is 11.5. The van der Waals surface area contributed by atoms with Crippen molar-refractivity contribution in [1.82, 2.24) is 5.32 Å². The predicted molar refractivity (Wildman–Crippen MR) is 71.7 cm³/mol. The van der Waals surface area contributed by atoms with Gasteiger partial charge in [0, 0.05) is 6.04 Å². The Morgan fingerprint density at radius 3 is 2.18 bits per heavy atom. The summed E-state index contributed by atoms with van der Waals surface area (Å²) in [7, 11) is 0. The summed E-state index contributed by atoms with van der Waals surface area (Å²) in [4.78, 5) is 11.5. The van der Waals surface area contributed by atoms with Crippen molar-refractivity contribution in [3.63, 3.8) is 0 Å². The van der Waals surface area contributed by atoms with Crippen LogP contribution in [0.15, 0.2) is 0 Å². The lowest BCUT2D eigenvalue weighted by atomic mass is 9.87. The second kappa shape index (κ2) is 6.39. The molecule has 0 heterocycles. The van der Waals surface area contributed by atoms with E-state index in [4.69, 9.17) is 5.73 Å². The molecule has 1 aliphatic rings. The van der Waals surface area contributed by atoms with E-state index in [2.05, 4.69) is 26.1 Å². The second-order valence-electron chi connectivity index (χ2n) is 6.57. The normalized spacial score (nSPS) is 20.9. The van der Waals surface area contributed by atoms with Crippen molar-refractivity contribution in [2.24, 2.45) is 11.1 Å². The molecule has 0 radical (unpaired) electrons. The summed E-state index contributed by atoms with van der Waals surface area (Å²) in [5.74, 6) is -0.204. The smallest absolute Gasteiger partial charge is 0.234 e. The monoisotopic (exact) mass is 240 g/mol. The van der Waals surface area contributed by atoms with E-state index >= 15 is 0 Å². The van der Waals surface area contributed by atoms with Gasteiger partial charge in [0.2, 0.25) is 5.91 Å². The third-order valence-corrected chi connectivity index (χ3v) is 3.45. The van der Waals surface area contributed by atoms with E-state index in [1.54, 1.807) is 0 Å². The highest BCUT2D eigenvalue weighted by Crippen LogP contribution is 2.23. The number of carbonyl (C=O) groups excluding carboxylic acids is 1. The van der Waals surface area contributed by atoms with E-state index in [0.29, 0.717) is 6.04 Å². The SMILES string of the molecule is CC(C)(C)CC(NC1CCCCCC1)C(N)=O. The van der Waals surface area contributed by atoms with Gasteiger partial charge in [-0.3, -0.25) is 4.79 Å². The molecule has 1 atom stereocenters. The summed E-state index contributed by atoms with van der Waals surface area (Å²) in [6.45, 7) is 6.45. The Morgan fingerprint density at radius 2 is 1.76 bits per heavy atom. The minimum Gasteiger partial charge on any atom is -0.368 e. The fourth-order valence-corrected chi connectivity index (χ4v) is 2.58. The molecular formula is C14H28N2O. The quantitative estimate of drug-likeness (QED) is 0.742. The first-order chi connectivity index (χ1) is 7.88. The Bertz CT molecular complexity index is 237. The minimum absolute atomic E-state index is 0.136. The van der Waals surface area contributed by atoms with Crippen LogP contribution in [0.2, 0.25) is 0 Å². The molecule has 3 nitrogen and oxygen atoms in total. The molecule has 0 aromatic carbocycles. The largest absolute Gasteiger partial charge is 0.368 e. The van der Waals surface area contributed by atoms with Gasteiger partial charge in [-0.2, -0.15) is 0 Å². The van der Waals surface area contributed by atoms with Gasteiger partial charge in [0.25, 0.3) is 0 Å². The molecule has 0 aromatic heterocycles. The van der Waals surface area contributed by atoms with E-state index in [-0.39, 0.29) is 17.4 Å². The summed E-state index contributed by atoms with van der Waals surface area (Å²) in [5.41, 5.74) is 5.64. The first kappa shape index (κ1) is 14.5. The molecule has 3 heteroatoms. The third kappa shape index (κ3) is 6.06. The molecular weight excluding hydrogens is 212 g/mol. The number of rotatable bonds is 4. The molecule has 3 N–H and O–H groups in total. The highest BCUT2D eigenvalue weighted by atomic mass is 16.1. The fraction of sp³-hybridized carbons (Fsp3) is 0.929. The van der Waals surface area contributed by atoms with Crippen LogP contribution in [-0.4, -0.2) is 18.0 Å². The molecule has 0 bridgehead atoms. The van der Waals surface area contributed by atoms with Crippen molar-refractivity contribution in [2.75, 3.05) is 0 Å². The average Bonchev–Trinajstić information content (AvgIpc) is 2.43. The highest BCUT2D eigenvalue weighted by molar-refractivity contribution is 5.79. The summed E-state index contributed by atoms with van der Waals surface area (Å²) in [6.07, 6.45) is 8.41. The van der Waals surface area contributed by atoms with Crippen LogP contribution in [-0.2, 0) is 4.79 Å². The first-order valence-corrected chi connectivity index (χ1v) is 6.94. The molecule has 0 spiro atoms. The van der Waals surface area contributed by atoms with Gasteiger partial charge in [-0.25, -0.2) is 0 Å². The molecule has 100 valence electrons. The maximum Gasteiger partial charge on any atom is 0.234 e. The average molecular weight is 240 g/mol. The van der Waals surface area contributed by atoms with Gasteiger partial charge >= 0.3 is 0 Å². The van der Waals surface area contributed by atoms with Crippen molar-refractivity contribution in [1.29, 1.82) is 0 Å². The number of hydrogen-bond acceptors (Lipinski definition) is 2. The van der Waals surface area contributed by atoms with Crippen LogP contribution in [0.4, 0.5) is 0 Å². The molecule has 0 aromatic rings. The molecule has 1 aliphatic carbocycles. The zero-order chi connectivity index (χ0) is 12.9. The van der Waals surface area contributed by atoms with Gasteiger partial charge in [0.05, 0.1) is 6.04 Å². The number of nitrogens with two attached hydrogens (primary N) is 1. The number of nitrogens with one attached hydrogen (secondary N) is 1. The van der Waals surface area contributed by atoms with Gasteiger partial charge in [0.1, 0.15) is 0 Å². The van der Waals surface area contributed by atoms with Crippen LogP contribution in [0.5, 0.6) is 0 Å². The van der Waals surface area contributed by atoms with E-state index in [9.17, 15) is 4.79 Å². The summed E-state index contributed by atoms with van der Waals surface area (Å²) in [6, 6.07) is 0.315. The predicted octanol–water partition coefficient (Wildman–Crippen LogP) is 2.59. The number of carbonyl (C=O) groups is 1. The van der Waals surface area contributed by atoms with E-state index < -0.39 is 0 Å². The van der Waals surface area contributed by atoms with Gasteiger partial charge < -0.3 is 11.1 Å². The third-order valence-electron chi connectivity index (χ3n) is 3.45. The molecule has 0 aliphatic heterocycles. The zero-order valence-electron chi connectivity index (χ0n) is 11.6.